The molecule has 0 bridgehead atoms. The molecule has 0 unspecified atom stereocenters. The van der Waals surface area contributed by atoms with Gasteiger partial charge in [-0.2, -0.15) is 0 Å². The van der Waals surface area contributed by atoms with Crippen LogP contribution in [0.5, 0.6) is 0 Å². The average molecular weight is 402 g/mol. The smallest absolute Gasteiger partial charge is 0.317 e. The first-order valence-electron chi connectivity index (χ1n) is 9.64. The molecule has 29 heavy (non-hydrogen) atoms. The predicted octanol–water partition coefficient (Wildman–Crippen LogP) is 4.22. The summed E-state index contributed by atoms with van der Waals surface area (Å²) in [7, 11) is 0. The van der Waals surface area contributed by atoms with Crippen molar-refractivity contribution in [2.24, 2.45) is 5.41 Å². The van der Waals surface area contributed by atoms with Gasteiger partial charge in [0.15, 0.2) is 5.78 Å². The van der Waals surface area contributed by atoms with Gasteiger partial charge in [0.2, 0.25) is 0 Å². The topological polar surface area (TPSA) is 49.4 Å². The maximum Gasteiger partial charge on any atom is 0.317 e. The van der Waals surface area contributed by atoms with Gasteiger partial charge in [-0.05, 0) is 48.4 Å². The van der Waals surface area contributed by atoms with Crippen LogP contribution >= 0.6 is 0 Å². The number of carbonyl (C=O) groups excluding carboxylic acids is 2. The molecular weight excluding hydrogens is 381 g/mol. The van der Waals surface area contributed by atoms with E-state index in [0.29, 0.717) is 44.3 Å². The zero-order valence-corrected chi connectivity index (χ0v) is 15.8. The van der Waals surface area contributed by atoms with E-state index in [-0.39, 0.29) is 29.3 Å². The lowest BCUT2D eigenvalue weighted by Crippen LogP contribution is -2.49. The number of Topliss-reactive ketones (excluding diaryl/α,β-unsaturated/α-hetero) is 1. The number of halogens is 3. The van der Waals surface area contributed by atoms with Crippen molar-refractivity contribution in [2.75, 3.05) is 13.1 Å². The summed E-state index contributed by atoms with van der Waals surface area (Å²) in [6.45, 7) is 0.951. The van der Waals surface area contributed by atoms with Gasteiger partial charge < -0.3 is 10.2 Å². The van der Waals surface area contributed by atoms with E-state index in [1.807, 2.05) is 0 Å². The fourth-order valence-corrected chi connectivity index (χ4v) is 4.35. The second-order valence-corrected chi connectivity index (χ2v) is 7.96. The minimum Gasteiger partial charge on any atom is -0.334 e. The number of amides is 2. The van der Waals surface area contributed by atoms with E-state index >= 15 is 0 Å². The van der Waals surface area contributed by atoms with E-state index in [4.69, 9.17) is 0 Å². The van der Waals surface area contributed by atoms with Crippen LogP contribution in [0.15, 0.2) is 36.4 Å². The van der Waals surface area contributed by atoms with E-state index in [2.05, 4.69) is 5.32 Å². The number of nitrogens with one attached hydrogen (secondary N) is 1. The lowest BCUT2D eigenvalue weighted by Gasteiger charge is -2.44. The second kappa shape index (κ2) is 7.54. The van der Waals surface area contributed by atoms with E-state index in [9.17, 15) is 22.8 Å². The lowest BCUT2D eigenvalue weighted by atomic mass is 9.66. The first-order valence-corrected chi connectivity index (χ1v) is 9.64. The number of carbonyl (C=O) groups is 2. The number of benzene rings is 2. The first kappa shape index (κ1) is 19.5. The number of fused-ring (bicyclic) bond motifs is 1. The van der Waals surface area contributed by atoms with Crippen molar-refractivity contribution < 1.29 is 22.8 Å². The molecule has 4 rings (SSSR count). The quantitative estimate of drug-likeness (QED) is 0.818. The van der Waals surface area contributed by atoms with Crippen molar-refractivity contribution in [3.05, 3.63) is 70.5 Å². The highest BCUT2D eigenvalue weighted by atomic mass is 19.1. The third-order valence-corrected chi connectivity index (χ3v) is 6.03. The Balaban J connectivity index is 1.36. The Hall–Kier alpha value is -2.83. The van der Waals surface area contributed by atoms with Gasteiger partial charge in [-0.1, -0.05) is 12.1 Å². The van der Waals surface area contributed by atoms with Gasteiger partial charge in [-0.3, -0.25) is 4.79 Å². The molecule has 2 aliphatic rings. The van der Waals surface area contributed by atoms with Crippen molar-refractivity contribution in [3.63, 3.8) is 0 Å². The maximum absolute atomic E-state index is 13.7. The normalized spacial score (nSPS) is 17.9. The number of hydrogen-bond donors (Lipinski definition) is 1. The van der Waals surface area contributed by atoms with Gasteiger partial charge in [-0.15, -0.1) is 0 Å². The molecule has 1 spiro atoms. The minimum absolute atomic E-state index is 0.0238. The lowest BCUT2D eigenvalue weighted by molar-refractivity contribution is 0.0735. The van der Waals surface area contributed by atoms with E-state index in [1.54, 1.807) is 11.0 Å². The minimum atomic E-state index is -0.696. The molecule has 1 fully saturated rings. The highest BCUT2D eigenvalue weighted by Gasteiger charge is 2.41. The third-order valence-electron chi connectivity index (χ3n) is 6.03. The summed E-state index contributed by atoms with van der Waals surface area (Å²) in [6, 6.07) is 7.30. The Labute approximate surface area is 166 Å². The molecule has 0 atom stereocenters. The van der Waals surface area contributed by atoms with E-state index < -0.39 is 17.5 Å². The van der Waals surface area contributed by atoms with Gasteiger partial charge in [0.1, 0.15) is 17.5 Å². The molecule has 1 saturated heterocycles. The van der Waals surface area contributed by atoms with Gasteiger partial charge in [0.05, 0.1) is 0 Å². The molecule has 0 saturated carbocycles. The zero-order valence-electron chi connectivity index (χ0n) is 15.8. The van der Waals surface area contributed by atoms with Gasteiger partial charge in [0, 0.05) is 43.2 Å². The highest BCUT2D eigenvalue weighted by Crippen LogP contribution is 2.43. The number of ketones is 1. The van der Waals surface area contributed by atoms with Crippen molar-refractivity contribution in [3.8, 4) is 0 Å². The molecule has 152 valence electrons. The van der Waals surface area contributed by atoms with Gasteiger partial charge in [-0.25, -0.2) is 18.0 Å². The number of likely N-dealkylation sites (tertiary alicyclic amines) is 1. The number of piperidine rings is 1. The number of nitrogens with zero attached hydrogens (tertiary/aromatic N) is 1. The molecule has 0 radical (unpaired) electrons. The monoisotopic (exact) mass is 402 g/mol. The summed E-state index contributed by atoms with van der Waals surface area (Å²) in [5.41, 5.74) is 1.35. The molecule has 4 nitrogen and oxygen atoms in total. The molecule has 2 aromatic carbocycles. The van der Waals surface area contributed by atoms with Crippen molar-refractivity contribution in [1.29, 1.82) is 0 Å². The Morgan fingerprint density at radius 2 is 1.69 bits per heavy atom. The SMILES string of the molecule is O=C1CC2(CCN(C(=O)NCc3ccc(F)cc3F)CC2)Cc2ccc(F)cc21. The summed E-state index contributed by atoms with van der Waals surface area (Å²) < 4.78 is 40.1. The van der Waals surface area contributed by atoms with Crippen LogP contribution in [0.25, 0.3) is 0 Å². The highest BCUT2D eigenvalue weighted by molar-refractivity contribution is 5.99. The molecule has 7 heteroatoms. The summed E-state index contributed by atoms with van der Waals surface area (Å²) in [5.74, 6) is -1.81. The Morgan fingerprint density at radius 3 is 2.41 bits per heavy atom. The number of rotatable bonds is 2. The van der Waals surface area contributed by atoms with Crippen LogP contribution in [0.3, 0.4) is 0 Å². The summed E-state index contributed by atoms with van der Waals surface area (Å²) in [4.78, 5) is 26.6. The first-order chi connectivity index (χ1) is 13.8. The number of urea groups is 1. The van der Waals surface area contributed by atoms with Crippen LogP contribution in [-0.4, -0.2) is 29.8 Å². The summed E-state index contributed by atoms with van der Waals surface area (Å²) in [5, 5.41) is 2.67. The van der Waals surface area contributed by atoms with Crippen LogP contribution in [0.4, 0.5) is 18.0 Å². The van der Waals surface area contributed by atoms with Crippen molar-refractivity contribution in [2.45, 2.75) is 32.2 Å². The fourth-order valence-electron chi connectivity index (χ4n) is 4.35. The number of hydrogen-bond acceptors (Lipinski definition) is 2. The Morgan fingerprint density at radius 1 is 1.00 bits per heavy atom. The molecular formula is C22H21F3N2O2. The predicted molar refractivity (Wildman–Crippen MR) is 101 cm³/mol. The Kier molecular flexibility index (Phi) is 5.06. The van der Waals surface area contributed by atoms with Gasteiger partial charge in [0.25, 0.3) is 0 Å². The zero-order chi connectivity index (χ0) is 20.6. The summed E-state index contributed by atoms with van der Waals surface area (Å²) >= 11 is 0. The Bertz CT molecular complexity index is 969. The van der Waals surface area contributed by atoms with E-state index in [1.165, 1.54) is 18.2 Å². The fraction of sp³-hybridized carbons (Fsp3) is 0.364. The largest absolute Gasteiger partial charge is 0.334 e. The van der Waals surface area contributed by atoms with Crippen molar-refractivity contribution in [1.82, 2.24) is 10.2 Å². The van der Waals surface area contributed by atoms with Crippen LogP contribution in [0.2, 0.25) is 0 Å². The van der Waals surface area contributed by atoms with Crippen LogP contribution < -0.4 is 5.32 Å². The van der Waals surface area contributed by atoms with Crippen molar-refractivity contribution >= 4 is 11.8 Å². The standard InChI is InChI=1S/C22H21F3N2O2/c23-16-3-1-14-11-22(12-20(28)18(14)9-16)5-7-27(8-6-22)21(29)26-13-15-2-4-17(24)10-19(15)25/h1-4,9-10H,5-8,11-13H2,(H,26,29). The third kappa shape index (κ3) is 3.99. The average Bonchev–Trinajstić information content (AvgIpc) is 2.68. The molecule has 0 aromatic heterocycles. The van der Waals surface area contributed by atoms with Crippen LogP contribution in [0.1, 0.15) is 40.7 Å². The molecule has 1 aliphatic carbocycles. The molecule has 1 aliphatic heterocycles. The molecule has 1 N–H and O–H groups in total. The summed E-state index contributed by atoms with van der Waals surface area (Å²) in [6.07, 6.45) is 2.41. The van der Waals surface area contributed by atoms with Crippen LogP contribution in [-0.2, 0) is 13.0 Å². The molecule has 1 heterocycles. The maximum atomic E-state index is 13.7. The van der Waals surface area contributed by atoms with Crippen LogP contribution in [0, 0.1) is 22.9 Å². The van der Waals surface area contributed by atoms with Gasteiger partial charge >= 0.3 is 6.03 Å². The van der Waals surface area contributed by atoms with E-state index in [0.717, 1.165) is 17.7 Å². The second-order valence-electron chi connectivity index (χ2n) is 7.96. The molecule has 2 amide bonds. The molecule has 2 aromatic rings.